The van der Waals surface area contributed by atoms with Gasteiger partial charge in [0.2, 0.25) is 0 Å². The van der Waals surface area contributed by atoms with E-state index in [1.54, 1.807) is 4.90 Å². The topological polar surface area (TPSA) is 65.6 Å². The predicted molar refractivity (Wildman–Crippen MR) is 104 cm³/mol. The smallest absolute Gasteiger partial charge is 0.260 e. The van der Waals surface area contributed by atoms with E-state index >= 15 is 0 Å². The largest absolute Gasteiger partial charge is 0.484 e. The highest BCUT2D eigenvalue weighted by molar-refractivity contribution is 5.95. The molecule has 1 saturated heterocycles. The quantitative estimate of drug-likeness (QED) is 0.901. The first kappa shape index (κ1) is 19.0. The van der Waals surface area contributed by atoms with E-state index in [9.17, 15) is 9.59 Å². The van der Waals surface area contributed by atoms with Gasteiger partial charge in [0.25, 0.3) is 11.8 Å². The lowest BCUT2D eigenvalue weighted by Crippen LogP contribution is -2.39. The summed E-state index contributed by atoms with van der Waals surface area (Å²) < 4.78 is 5.63. The van der Waals surface area contributed by atoms with E-state index in [0.29, 0.717) is 31.9 Å². The number of nitrogens with one attached hydrogen (secondary N) is 1. The summed E-state index contributed by atoms with van der Waals surface area (Å²) in [6.45, 7) is 8.24. The molecule has 6 heteroatoms. The lowest BCUT2D eigenvalue weighted by molar-refractivity contribution is -0.133. The Hall–Kier alpha value is -2.76. The molecule has 0 aliphatic carbocycles. The van der Waals surface area contributed by atoms with Gasteiger partial charge in [0, 0.05) is 37.6 Å². The molecule has 1 aromatic heterocycles. The molecule has 2 amide bonds. The lowest BCUT2D eigenvalue weighted by atomic mass is 10.2. The van der Waals surface area contributed by atoms with Gasteiger partial charge < -0.3 is 19.5 Å². The fraction of sp³-hybridized carbons (Fsp3) is 0.429. The number of nitrogens with zero attached hydrogens (tertiary/aromatic N) is 2. The van der Waals surface area contributed by atoms with Crippen LogP contribution in [0.15, 0.2) is 30.3 Å². The monoisotopic (exact) mass is 369 g/mol. The maximum Gasteiger partial charge on any atom is 0.260 e. The van der Waals surface area contributed by atoms with E-state index in [0.717, 1.165) is 28.9 Å². The standard InChI is InChI=1S/C21H27N3O3/c1-15-6-4-7-18(12-15)27-14-20(25)23-8-5-9-24(11-10-23)21(26)19-13-16(2)22-17(19)3/h4,6-7,12-13,22H,5,8-11,14H2,1-3H3. The molecule has 1 N–H and O–H groups in total. The highest BCUT2D eigenvalue weighted by Crippen LogP contribution is 2.15. The third-order valence-corrected chi connectivity index (χ3v) is 4.87. The number of aromatic nitrogens is 1. The maximum absolute atomic E-state index is 12.8. The Balaban J connectivity index is 1.55. The zero-order valence-electron chi connectivity index (χ0n) is 16.2. The Morgan fingerprint density at radius 2 is 1.78 bits per heavy atom. The molecule has 1 fully saturated rings. The molecule has 0 radical (unpaired) electrons. The summed E-state index contributed by atoms with van der Waals surface area (Å²) in [4.78, 5) is 32.1. The number of rotatable bonds is 4. The zero-order chi connectivity index (χ0) is 19.4. The van der Waals surface area contributed by atoms with Crippen LogP contribution in [0.25, 0.3) is 0 Å². The number of hydrogen-bond donors (Lipinski definition) is 1. The minimum atomic E-state index is -0.0422. The van der Waals surface area contributed by atoms with Gasteiger partial charge in [0.1, 0.15) is 5.75 Å². The van der Waals surface area contributed by atoms with Gasteiger partial charge in [-0.1, -0.05) is 12.1 Å². The van der Waals surface area contributed by atoms with E-state index in [1.165, 1.54) is 0 Å². The summed E-state index contributed by atoms with van der Waals surface area (Å²) in [6.07, 6.45) is 0.768. The van der Waals surface area contributed by atoms with Crippen LogP contribution in [0.3, 0.4) is 0 Å². The first-order chi connectivity index (χ1) is 12.9. The molecule has 1 aliphatic heterocycles. The van der Waals surface area contributed by atoms with Crippen LogP contribution in [0.1, 0.15) is 33.7 Å². The first-order valence-electron chi connectivity index (χ1n) is 9.37. The van der Waals surface area contributed by atoms with Crippen molar-refractivity contribution in [2.75, 3.05) is 32.8 Å². The number of amides is 2. The van der Waals surface area contributed by atoms with Crippen molar-refractivity contribution in [3.63, 3.8) is 0 Å². The van der Waals surface area contributed by atoms with Crippen LogP contribution in [0, 0.1) is 20.8 Å². The molecule has 0 unspecified atom stereocenters. The molecule has 144 valence electrons. The molecular weight excluding hydrogens is 342 g/mol. The molecule has 2 heterocycles. The van der Waals surface area contributed by atoms with Crippen molar-refractivity contribution < 1.29 is 14.3 Å². The third-order valence-electron chi connectivity index (χ3n) is 4.87. The number of H-pyrrole nitrogens is 1. The van der Waals surface area contributed by atoms with Gasteiger partial charge in [-0.05, 0) is 51.0 Å². The van der Waals surface area contributed by atoms with E-state index in [4.69, 9.17) is 4.74 Å². The molecule has 27 heavy (non-hydrogen) atoms. The predicted octanol–water partition coefficient (Wildman–Crippen LogP) is 2.69. The van der Waals surface area contributed by atoms with Crippen LogP contribution in [0.2, 0.25) is 0 Å². The first-order valence-corrected chi connectivity index (χ1v) is 9.37. The highest BCUT2D eigenvalue weighted by atomic mass is 16.5. The summed E-state index contributed by atoms with van der Waals surface area (Å²) >= 11 is 0. The van der Waals surface area contributed by atoms with Crippen molar-refractivity contribution >= 4 is 11.8 Å². The average Bonchev–Trinajstić information content (AvgIpc) is 2.84. The lowest BCUT2D eigenvalue weighted by Gasteiger charge is -2.22. The van der Waals surface area contributed by atoms with Gasteiger partial charge in [-0.15, -0.1) is 0 Å². The Labute approximate surface area is 160 Å². The van der Waals surface area contributed by atoms with Crippen molar-refractivity contribution in [2.24, 2.45) is 0 Å². The van der Waals surface area contributed by atoms with Crippen LogP contribution in [-0.2, 0) is 4.79 Å². The SMILES string of the molecule is Cc1cccc(OCC(=O)N2CCCN(C(=O)c3cc(C)[nH]c3C)CC2)c1. The van der Waals surface area contributed by atoms with Crippen LogP contribution in [0.4, 0.5) is 0 Å². The second kappa shape index (κ2) is 8.29. The van der Waals surface area contributed by atoms with Gasteiger partial charge in [-0.3, -0.25) is 9.59 Å². The summed E-state index contributed by atoms with van der Waals surface area (Å²) in [6, 6.07) is 9.56. The number of carbonyl (C=O) groups excluding carboxylic acids is 2. The minimum Gasteiger partial charge on any atom is -0.484 e. The molecule has 0 saturated carbocycles. The van der Waals surface area contributed by atoms with Crippen LogP contribution < -0.4 is 4.74 Å². The Bertz CT molecular complexity index is 828. The summed E-state index contributed by atoms with van der Waals surface area (Å²) in [5, 5.41) is 0. The third kappa shape index (κ3) is 4.70. The van der Waals surface area contributed by atoms with E-state index in [-0.39, 0.29) is 18.4 Å². The van der Waals surface area contributed by atoms with E-state index in [1.807, 2.05) is 56.0 Å². The van der Waals surface area contributed by atoms with E-state index in [2.05, 4.69) is 4.98 Å². The summed E-state index contributed by atoms with van der Waals surface area (Å²) in [5.41, 5.74) is 3.69. The molecule has 2 aromatic rings. The van der Waals surface area contributed by atoms with Gasteiger partial charge in [0.15, 0.2) is 6.61 Å². The zero-order valence-corrected chi connectivity index (χ0v) is 16.2. The van der Waals surface area contributed by atoms with Crippen LogP contribution in [0.5, 0.6) is 5.75 Å². The number of ether oxygens (including phenoxy) is 1. The number of aromatic amines is 1. The summed E-state index contributed by atoms with van der Waals surface area (Å²) in [5.74, 6) is 0.690. The van der Waals surface area contributed by atoms with Gasteiger partial charge >= 0.3 is 0 Å². The van der Waals surface area contributed by atoms with Crippen molar-refractivity contribution in [1.29, 1.82) is 0 Å². The number of benzene rings is 1. The minimum absolute atomic E-state index is 0.0213. The Morgan fingerprint density at radius 1 is 1.04 bits per heavy atom. The maximum atomic E-state index is 12.8. The molecule has 0 spiro atoms. The number of aryl methyl sites for hydroxylation is 3. The highest BCUT2D eigenvalue weighted by Gasteiger charge is 2.24. The van der Waals surface area contributed by atoms with Gasteiger partial charge in [-0.25, -0.2) is 0 Å². The van der Waals surface area contributed by atoms with Crippen molar-refractivity contribution in [1.82, 2.24) is 14.8 Å². The second-order valence-electron chi connectivity index (χ2n) is 7.12. The fourth-order valence-corrected chi connectivity index (χ4v) is 3.43. The molecular formula is C21H27N3O3. The van der Waals surface area contributed by atoms with Crippen LogP contribution in [-0.4, -0.2) is 59.4 Å². The summed E-state index contributed by atoms with van der Waals surface area (Å²) in [7, 11) is 0. The van der Waals surface area contributed by atoms with Crippen molar-refractivity contribution in [3.8, 4) is 5.75 Å². The van der Waals surface area contributed by atoms with Crippen LogP contribution >= 0.6 is 0 Å². The average molecular weight is 369 g/mol. The van der Waals surface area contributed by atoms with Crippen molar-refractivity contribution in [3.05, 3.63) is 52.8 Å². The fourth-order valence-electron chi connectivity index (χ4n) is 3.43. The van der Waals surface area contributed by atoms with Gasteiger partial charge in [0.05, 0.1) is 5.56 Å². The Kier molecular flexibility index (Phi) is 5.84. The number of carbonyl (C=O) groups is 2. The Morgan fingerprint density at radius 3 is 2.48 bits per heavy atom. The normalized spacial score (nSPS) is 14.8. The molecule has 6 nitrogen and oxygen atoms in total. The second-order valence-corrected chi connectivity index (χ2v) is 7.12. The molecule has 1 aromatic carbocycles. The number of hydrogen-bond acceptors (Lipinski definition) is 3. The molecule has 0 atom stereocenters. The van der Waals surface area contributed by atoms with Gasteiger partial charge in [-0.2, -0.15) is 0 Å². The molecule has 3 rings (SSSR count). The molecule has 1 aliphatic rings. The van der Waals surface area contributed by atoms with Crippen molar-refractivity contribution in [2.45, 2.75) is 27.2 Å². The molecule has 0 bridgehead atoms. The van der Waals surface area contributed by atoms with E-state index < -0.39 is 0 Å².